The first-order chi connectivity index (χ1) is 13.1. The number of anilines is 1. The molecule has 1 aromatic heterocycles. The van der Waals surface area contributed by atoms with Gasteiger partial charge in [-0.15, -0.1) is 17.8 Å². The van der Waals surface area contributed by atoms with Gasteiger partial charge in [-0.2, -0.15) is 0 Å². The average molecular weight is 376 g/mol. The third-order valence-electron chi connectivity index (χ3n) is 4.47. The highest BCUT2D eigenvalue weighted by Gasteiger charge is 2.29. The lowest BCUT2D eigenvalue weighted by Gasteiger charge is -2.27. The van der Waals surface area contributed by atoms with E-state index in [1.165, 1.54) is 17.4 Å². The number of nitrogens with zero attached hydrogens (tertiary/aromatic N) is 1. The maximum atomic E-state index is 12.9. The molecule has 1 aliphatic rings. The van der Waals surface area contributed by atoms with Gasteiger partial charge in [-0.3, -0.25) is 9.59 Å². The molecule has 1 aliphatic heterocycles. The van der Waals surface area contributed by atoms with Gasteiger partial charge in [-0.1, -0.05) is 36.3 Å². The van der Waals surface area contributed by atoms with Crippen molar-refractivity contribution in [1.29, 1.82) is 0 Å². The fourth-order valence-corrected chi connectivity index (χ4v) is 4.34. The van der Waals surface area contributed by atoms with E-state index in [9.17, 15) is 9.59 Å². The second-order valence-electron chi connectivity index (χ2n) is 6.18. The normalized spacial score (nSPS) is 14.1. The van der Waals surface area contributed by atoms with Crippen LogP contribution in [0.25, 0.3) is 0 Å². The van der Waals surface area contributed by atoms with E-state index in [2.05, 4.69) is 5.92 Å². The van der Waals surface area contributed by atoms with Gasteiger partial charge in [0.1, 0.15) is 0 Å². The van der Waals surface area contributed by atoms with E-state index in [0.717, 1.165) is 10.4 Å². The molecule has 27 heavy (non-hydrogen) atoms. The summed E-state index contributed by atoms with van der Waals surface area (Å²) < 4.78 is 0. The molecule has 0 unspecified atom stereocenters. The SMILES string of the molecule is C#C/C=C(\C=C/C)C(=O)c1c(N)sc2c1CCN(C(=O)c1ccccc1)C2. The van der Waals surface area contributed by atoms with E-state index in [1.807, 2.05) is 37.3 Å². The van der Waals surface area contributed by atoms with Gasteiger partial charge < -0.3 is 10.6 Å². The number of carbonyl (C=O) groups is 2. The standard InChI is InChI=1S/C22H20N2O2S/c1-3-8-15(9-4-2)20(25)19-17-12-13-24(14-18(17)27-21(19)23)22(26)16-10-6-5-7-11-16/h1,4-11H,12-14,23H2,2H3/b9-4-,15-8+. The largest absolute Gasteiger partial charge is 0.390 e. The third kappa shape index (κ3) is 3.71. The van der Waals surface area contributed by atoms with Crippen molar-refractivity contribution in [2.45, 2.75) is 19.9 Å². The van der Waals surface area contributed by atoms with E-state index in [1.54, 1.807) is 17.1 Å². The molecule has 5 heteroatoms. The number of amides is 1. The van der Waals surface area contributed by atoms with E-state index < -0.39 is 0 Å². The Morgan fingerprint density at radius 1 is 1.30 bits per heavy atom. The topological polar surface area (TPSA) is 63.4 Å². The predicted molar refractivity (Wildman–Crippen MR) is 110 cm³/mol. The second-order valence-corrected chi connectivity index (χ2v) is 7.32. The highest BCUT2D eigenvalue weighted by atomic mass is 32.1. The number of nitrogen functional groups attached to an aromatic ring is 1. The number of hydrogen-bond acceptors (Lipinski definition) is 4. The van der Waals surface area contributed by atoms with Crippen LogP contribution in [0.2, 0.25) is 0 Å². The van der Waals surface area contributed by atoms with Crippen LogP contribution in [0.15, 0.2) is 54.1 Å². The highest BCUT2D eigenvalue weighted by molar-refractivity contribution is 7.16. The fraction of sp³-hybridized carbons (Fsp3) is 0.182. The minimum Gasteiger partial charge on any atom is -0.390 e. The summed E-state index contributed by atoms with van der Waals surface area (Å²) in [4.78, 5) is 28.4. The molecule has 0 atom stereocenters. The van der Waals surface area contributed by atoms with Crippen molar-refractivity contribution in [2.75, 3.05) is 12.3 Å². The number of rotatable bonds is 4. The van der Waals surface area contributed by atoms with Crippen molar-refractivity contribution in [3.05, 3.63) is 75.7 Å². The van der Waals surface area contributed by atoms with Gasteiger partial charge in [-0.25, -0.2) is 0 Å². The lowest BCUT2D eigenvalue weighted by molar-refractivity contribution is 0.0737. The molecule has 136 valence electrons. The Labute approximate surface area is 163 Å². The van der Waals surface area contributed by atoms with E-state index in [-0.39, 0.29) is 11.7 Å². The molecule has 2 aromatic rings. The number of ketones is 1. The first kappa shape index (κ1) is 18.7. The number of Topliss-reactive ketones (excluding diaryl/α,β-unsaturated/α-hetero) is 1. The molecule has 0 radical (unpaired) electrons. The molecule has 0 bridgehead atoms. The smallest absolute Gasteiger partial charge is 0.254 e. The lowest BCUT2D eigenvalue weighted by atomic mass is 9.95. The van der Waals surface area contributed by atoms with Gasteiger partial charge in [0, 0.05) is 22.6 Å². The van der Waals surface area contributed by atoms with Gasteiger partial charge in [0.05, 0.1) is 17.1 Å². The van der Waals surface area contributed by atoms with E-state index in [0.29, 0.717) is 41.2 Å². The van der Waals surface area contributed by atoms with Crippen molar-refractivity contribution in [2.24, 2.45) is 0 Å². The Balaban J connectivity index is 1.90. The van der Waals surface area contributed by atoms with Gasteiger partial charge in [0.15, 0.2) is 5.78 Å². The Hall–Kier alpha value is -3.10. The molecule has 1 aromatic carbocycles. The number of hydrogen-bond donors (Lipinski definition) is 1. The molecule has 3 rings (SSSR count). The van der Waals surface area contributed by atoms with E-state index in [4.69, 9.17) is 12.2 Å². The Bertz CT molecular complexity index is 978. The monoisotopic (exact) mass is 376 g/mol. The van der Waals surface area contributed by atoms with Gasteiger partial charge in [-0.05, 0) is 37.1 Å². The Kier molecular flexibility index (Phi) is 5.58. The van der Waals surface area contributed by atoms with Crippen LogP contribution in [-0.4, -0.2) is 23.1 Å². The summed E-state index contributed by atoms with van der Waals surface area (Å²) in [6.45, 7) is 2.84. The molecule has 4 nitrogen and oxygen atoms in total. The van der Waals surface area contributed by atoms with Crippen LogP contribution < -0.4 is 5.73 Å². The van der Waals surface area contributed by atoms with Crippen molar-refractivity contribution < 1.29 is 9.59 Å². The number of benzene rings is 1. The lowest BCUT2D eigenvalue weighted by Crippen LogP contribution is -2.35. The maximum Gasteiger partial charge on any atom is 0.254 e. The van der Waals surface area contributed by atoms with Crippen LogP contribution >= 0.6 is 11.3 Å². The summed E-state index contributed by atoms with van der Waals surface area (Å²) in [5, 5.41) is 0.478. The minimum absolute atomic E-state index is 0.0112. The van der Waals surface area contributed by atoms with Gasteiger partial charge >= 0.3 is 0 Å². The third-order valence-corrected chi connectivity index (χ3v) is 5.51. The average Bonchev–Trinajstić information content (AvgIpc) is 3.02. The zero-order valence-corrected chi connectivity index (χ0v) is 15.9. The molecule has 0 saturated heterocycles. The van der Waals surface area contributed by atoms with Gasteiger partial charge in [0.2, 0.25) is 0 Å². The minimum atomic E-state index is -0.163. The van der Waals surface area contributed by atoms with Crippen LogP contribution in [0.4, 0.5) is 5.00 Å². The molecular weight excluding hydrogens is 356 g/mol. The number of nitrogens with two attached hydrogens (primary N) is 1. The first-order valence-corrected chi connectivity index (χ1v) is 9.46. The summed E-state index contributed by atoms with van der Waals surface area (Å²) in [7, 11) is 0. The second kappa shape index (κ2) is 8.07. The first-order valence-electron chi connectivity index (χ1n) is 8.64. The molecular formula is C22H20N2O2S. The fourth-order valence-electron chi connectivity index (χ4n) is 3.21. The Morgan fingerprint density at radius 3 is 2.70 bits per heavy atom. The van der Waals surface area contributed by atoms with Gasteiger partial charge in [0.25, 0.3) is 5.91 Å². The number of fused-ring (bicyclic) bond motifs is 1. The van der Waals surface area contributed by atoms with Crippen LogP contribution in [0.1, 0.15) is 38.1 Å². The van der Waals surface area contributed by atoms with Crippen LogP contribution in [0.5, 0.6) is 0 Å². The number of terminal acetylenes is 1. The zero-order chi connectivity index (χ0) is 19.4. The molecule has 1 amide bonds. The quantitative estimate of drug-likeness (QED) is 0.382. The van der Waals surface area contributed by atoms with Crippen molar-refractivity contribution in [3.8, 4) is 12.3 Å². The summed E-state index contributed by atoms with van der Waals surface area (Å²) in [5.74, 6) is 2.24. The number of allylic oxidation sites excluding steroid dienone is 4. The Morgan fingerprint density at radius 2 is 2.04 bits per heavy atom. The molecule has 0 spiro atoms. The summed E-state index contributed by atoms with van der Waals surface area (Å²) in [6, 6.07) is 9.20. The summed E-state index contributed by atoms with van der Waals surface area (Å²) >= 11 is 1.38. The molecule has 0 fully saturated rings. The van der Waals surface area contributed by atoms with Crippen molar-refractivity contribution >= 4 is 28.0 Å². The molecule has 0 saturated carbocycles. The predicted octanol–water partition coefficient (Wildman–Crippen LogP) is 3.85. The molecule has 2 heterocycles. The van der Waals surface area contributed by atoms with Crippen molar-refractivity contribution in [3.63, 3.8) is 0 Å². The van der Waals surface area contributed by atoms with Crippen molar-refractivity contribution in [1.82, 2.24) is 4.90 Å². The molecule has 2 N–H and O–H groups in total. The number of thiophene rings is 1. The van der Waals surface area contributed by atoms with Crippen LogP contribution in [0, 0.1) is 12.3 Å². The summed E-state index contributed by atoms with van der Waals surface area (Å²) in [5.41, 5.74) is 8.74. The molecule has 0 aliphatic carbocycles. The van der Waals surface area contributed by atoms with Crippen LogP contribution in [0.3, 0.4) is 0 Å². The zero-order valence-electron chi connectivity index (χ0n) is 15.1. The highest BCUT2D eigenvalue weighted by Crippen LogP contribution is 2.37. The number of carbonyl (C=O) groups excluding carboxylic acids is 2. The van der Waals surface area contributed by atoms with Crippen LogP contribution in [-0.2, 0) is 13.0 Å². The summed E-state index contributed by atoms with van der Waals surface area (Å²) in [6.07, 6.45) is 10.9. The van der Waals surface area contributed by atoms with E-state index >= 15 is 0 Å². The maximum absolute atomic E-state index is 12.9.